The molecule has 6 nitrogen and oxygen atoms in total. The van der Waals surface area contributed by atoms with Crippen LogP contribution in [-0.2, 0) is 11.2 Å². The van der Waals surface area contributed by atoms with E-state index in [0.717, 1.165) is 49.2 Å². The van der Waals surface area contributed by atoms with E-state index in [1.807, 2.05) is 23.1 Å². The van der Waals surface area contributed by atoms with Crippen LogP contribution in [0.25, 0.3) is 0 Å². The number of aryl methyl sites for hydroxylation is 2. The van der Waals surface area contributed by atoms with E-state index in [1.165, 1.54) is 6.07 Å². The number of carbonyl (C=O) groups is 1. The number of piperidine rings is 1. The number of hydrogen-bond acceptors (Lipinski definition) is 5. The first-order valence-corrected chi connectivity index (χ1v) is 11.1. The second-order valence-corrected chi connectivity index (χ2v) is 8.29. The Morgan fingerprint density at radius 2 is 2.03 bits per heavy atom. The molecule has 0 saturated carbocycles. The van der Waals surface area contributed by atoms with E-state index in [2.05, 4.69) is 20.3 Å². The van der Waals surface area contributed by atoms with E-state index in [9.17, 15) is 9.18 Å². The summed E-state index contributed by atoms with van der Waals surface area (Å²) in [7, 11) is 0. The van der Waals surface area contributed by atoms with Gasteiger partial charge in [0, 0.05) is 43.5 Å². The zero-order valence-electron chi connectivity index (χ0n) is 18.3. The summed E-state index contributed by atoms with van der Waals surface area (Å²) in [6.07, 6.45) is 9.23. The molecule has 32 heavy (non-hydrogen) atoms. The second-order valence-electron chi connectivity index (χ2n) is 8.29. The van der Waals surface area contributed by atoms with Gasteiger partial charge in [0.25, 0.3) is 0 Å². The van der Waals surface area contributed by atoms with Crippen LogP contribution in [0, 0.1) is 12.7 Å². The number of pyridine rings is 1. The Labute approximate surface area is 187 Å². The molecule has 1 aliphatic heterocycles. The molecule has 0 spiro atoms. The summed E-state index contributed by atoms with van der Waals surface area (Å²) in [5.41, 5.74) is 3.56. The van der Waals surface area contributed by atoms with Crippen LogP contribution in [0.15, 0.2) is 55.0 Å². The van der Waals surface area contributed by atoms with Crippen LogP contribution in [-0.4, -0.2) is 38.8 Å². The van der Waals surface area contributed by atoms with Crippen molar-refractivity contribution in [3.63, 3.8) is 0 Å². The van der Waals surface area contributed by atoms with Gasteiger partial charge in [0.15, 0.2) is 0 Å². The molecule has 1 aromatic carbocycles. The molecule has 0 aliphatic carbocycles. The van der Waals surface area contributed by atoms with Crippen LogP contribution in [0.5, 0.6) is 0 Å². The van der Waals surface area contributed by atoms with Crippen molar-refractivity contribution in [3.8, 4) is 0 Å². The molecular formula is C25H28FN5O. The number of nitrogens with one attached hydrogen (secondary N) is 1. The lowest BCUT2D eigenvalue weighted by molar-refractivity contribution is -0.132. The standard InChI is InChI=1S/C25H28FN5O/c1-18-15-19(8-10-22(18)26)5-2-7-24(32)31-14-3-6-20(17-31)23-11-9-21(16-29-23)30-25-27-12-4-13-28-25/h4,8-13,15-16,20H,2-3,5-7,14,17H2,1H3,(H,27,28,30)/t20-/m1/s1. The number of anilines is 2. The minimum atomic E-state index is -0.185. The van der Waals surface area contributed by atoms with Gasteiger partial charge in [-0.2, -0.15) is 0 Å². The summed E-state index contributed by atoms with van der Waals surface area (Å²) in [6, 6.07) is 10.9. The van der Waals surface area contributed by atoms with Gasteiger partial charge in [-0.1, -0.05) is 12.1 Å². The van der Waals surface area contributed by atoms with Crippen LogP contribution in [0.1, 0.15) is 48.4 Å². The third kappa shape index (κ3) is 5.66. The fourth-order valence-corrected chi connectivity index (χ4v) is 4.12. The number of benzene rings is 1. The van der Waals surface area contributed by atoms with Gasteiger partial charge in [0.2, 0.25) is 11.9 Å². The molecule has 2 aromatic heterocycles. The van der Waals surface area contributed by atoms with Crippen molar-refractivity contribution >= 4 is 17.5 Å². The number of amides is 1. The Balaban J connectivity index is 1.28. The van der Waals surface area contributed by atoms with Crippen molar-refractivity contribution in [1.29, 1.82) is 0 Å². The molecule has 1 N–H and O–H groups in total. The largest absolute Gasteiger partial charge is 0.342 e. The van der Waals surface area contributed by atoms with Gasteiger partial charge in [-0.15, -0.1) is 0 Å². The summed E-state index contributed by atoms with van der Waals surface area (Å²) in [6.45, 7) is 3.27. The predicted molar refractivity (Wildman–Crippen MR) is 122 cm³/mol. The first kappa shape index (κ1) is 21.9. The van der Waals surface area contributed by atoms with E-state index in [1.54, 1.807) is 37.6 Å². The molecule has 1 saturated heterocycles. The Hall–Kier alpha value is -3.35. The molecule has 0 unspecified atom stereocenters. The fourth-order valence-electron chi connectivity index (χ4n) is 4.12. The summed E-state index contributed by atoms with van der Waals surface area (Å²) >= 11 is 0. The lowest BCUT2D eigenvalue weighted by Gasteiger charge is -2.32. The number of carbonyl (C=O) groups excluding carboxylic acids is 1. The molecule has 0 bridgehead atoms. The number of hydrogen-bond donors (Lipinski definition) is 1. The highest BCUT2D eigenvalue weighted by Gasteiger charge is 2.25. The van der Waals surface area contributed by atoms with Gasteiger partial charge in [0.05, 0.1) is 11.9 Å². The Morgan fingerprint density at radius 1 is 1.19 bits per heavy atom. The van der Waals surface area contributed by atoms with Crippen molar-refractivity contribution in [1.82, 2.24) is 19.9 Å². The smallest absolute Gasteiger partial charge is 0.227 e. The fraction of sp³-hybridized carbons (Fsp3) is 0.360. The van der Waals surface area contributed by atoms with Crippen LogP contribution < -0.4 is 5.32 Å². The van der Waals surface area contributed by atoms with Crippen LogP contribution >= 0.6 is 0 Å². The molecular weight excluding hydrogens is 405 g/mol. The van der Waals surface area contributed by atoms with Crippen molar-refractivity contribution in [2.75, 3.05) is 18.4 Å². The Morgan fingerprint density at radius 3 is 2.78 bits per heavy atom. The average Bonchev–Trinajstić information content (AvgIpc) is 2.82. The SMILES string of the molecule is Cc1cc(CCCC(=O)N2CCC[C@@H](c3ccc(Nc4ncccn4)cn3)C2)ccc1F. The van der Waals surface area contributed by atoms with Gasteiger partial charge < -0.3 is 10.2 Å². The average molecular weight is 434 g/mol. The third-order valence-corrected chi connectivity index (χ3v) is 5.88. The lowest BCUT2D eigenvalue weighted by Crippen LogP contribution is -2.39. The molecule has 1 amide bonds. The second kappa shape index (κ2) is 10.3. The van der Waals surface area contributed by atoms with Gasteiger partial charge in [-0.05, 0) is 68.0 Å². The Kier molecular flexibility index (Phi) is 7.04. The highest BCUT2D eigenvalue weighted by atomic mass is 19.1. The minimum Gasteiger partial charge on any atom is -0.342 e. The summed E-state index contributed by atoms with van der Waals surface area (Å²) in [5.74, 6) is 0.782. The maximum absolute atomic E-state index is 13.4. The maximum atomic E-state index is 13.4. The highest BCUT2D eigenvalue weighted by Crippen LogP contribution is 2.27. The molecule has 1 fully saturated rings. The molecule has 7 heteroatoms. The van der Waals surface area contributed by atoms with Crippen molar-refractivity contribution in [2.24, 2.45) is 0 Å². The summed E-state index contributed by atoms with van der Waals surface area (Å²) in [4.78, 5) is 27.7. The van der Waals surface area contributed by atoms with Crippen molar-refractivity contribution < 1.29 is 9.18 Å². The van der Waals surface area contributed by atoms with E-state index in [0.29, 0.717) is 24.5 Å². The maximum Gasteiger partial charge on any atom is 0.227 e. The first-order valence-electron chi connectivity index (χ1n) is 11.1. The van der Waals surface area contributed by atoms with E-state index in [4.69, 9.17) is 0 Å². The van der Waals surface area contributed by atoms with E-state index < -0.39 is 0 Å². The molecule has 4 rings (SSSR count). The van der Waals surface area contributed by atoms with Crippen molar-refractivity contribution in [3.05, 3.63) is 77.6 Å². The quantitative estimate of drug-likeness (QED) is 0.580. The predicted octanol–water partition coefficient (Wildman–Crippen LogP) is 4.79. The molecule has 1 aliphatic rings. The van der Waals surface area contributed by atoms with E-state index in [-0.39, 0.29) is 17.6 Å². The first-order chi connectivity index (χ1) is 15.6. The summed E-state index contributed by atoms with van der Waals surface area (Å²) < 4.78 is 13.4. The minimum absolute atomic E-state index is 0.185. The Bertz CT molecular complexity index is 1040. The topological polar surface area (TPSA) is 71.0 Å². The van der Waals surface area contributed by atoms with Crippen LogP contribution in [0.3, 0.4) is 0 Å². The number of likely N-dealkylation sites (tertiary alicyclic amines) is 1. The zero-order chi connectivity index (χ0) is 22.3. The van der Waals surface area contributed by atoms with Gasteiger partial charge in [-0.3, -0.25) is 9.78 Å². The number of aromatic nitrogens is 3. The van der Waals surface area contributed by atoms with Crippen LogP contribution in [0.4, 0.5) is 16.0 Å². The van der Waals surface area contributed by atoms with E-state index >= 15 is 0 Å². The highest BCUT2D eigenvalue weighted by molar-refractivity contribution is 5.76. The monoisotopic (exact) mass is 433 g/mol. The molecule has 0 radical (unpaired) electrons. The number of nitrogens with zero attached hydrogens (tertiary/aromatic N) is 4. The van der Waals surface area contributed by atoms with Crippen molar-refractivity contribution in [2.45, 2.75) is 44.9 Å². The van der Waals surface area contributed by atoms with Gasteiger partial charge in [0.1, 0.15) is 5.82 Å². The number of halogens is 1. The van der Waals surface area contributed by atoms with Crippen LogP contribution in [0.2, 0.25) is 0 Å². The third-order valence-electron chi connectivity index (χ3n) is 5.88. The normalized spacial score (nSPS) is 16.1. The molecule has 3 aromatic rings. The number of rotatable bonds is 7. The van der Waals surface area contributed by atoms with Gasteiger partial charge >= 0.3 is 0 Å². The lowest BCUT2D eigenvalue weighted by atomic mass is 9.94. The molecule has 1 atom stereocenters. The molecule has 3 heterocycles. The van der Waals surface area contributed by atoms with Gasteiger partial charge in [-0.25, -0.2) is 14.4 Å². The summed E-state index contributed by atoms with van der Waals surface area (Å²) in [5, 5.41) is 3.13. The zero-order valence-corrected chi connectivity index (χ0v) is 18.3. The molecule has 166 valence electrons.